The minimum absolute atomic E-state index is 0.270. The summed E-state index contributed by atoms with van der Waals surface area (Å²) in [4.78, 5) is 4.39. The van der Waals surface area contributed by atoms with Gasteiger partial charge >= 0.3 is 0 Å². The summed E-state index contributed by atoms with van der Waals surface area (Å²) < 4.78 is 5.61. The molecule has 0 bridgehead atoms. The zero-order chi connectivity index (χ0) is 11.7. The normalized spacial score (nSPS) is 25.0. The predicted octanol–water partition coefficient (Wildman–Crippen LogP) is 2.28. The Hall–Kier alpha value is -1.45. The van der Waals surface area contributed by atoms with E-state index in [0.717, 1.165) is 18.7 Å². The highest BCUT2D eigenvalue weighted by Gasteiger charge is 2.21. The largest absolute Gasteiger partial charge is 0.378 e. The Kier molecular flexibility index (Phi) is 2.79. The Morgan fingerprint density at radius 2 is 2.12 bits per heavy atom. The fourth-order valence-corrected chi connectivity index (χ4v) is 2.40. The summed E-state index contributed by atoms with van der Waals surface area (Å²) in [5.41, 5.74) is 2.33. The second kappa shape index (κ2) is 4.43. The van der Waals surface area contributed by atoms with Gasteiger partial charge in [0.05, 0.1) is 24.8 Å². The van der Waals surface area contributed by atoms with E-state index in [-0.39, 0.29) is 6.04 Å². The Bertz CT molecular complexity index is 521. The van der Waals surface area contributed by atoms with Crippen molar-refractivity contribution in [3.05, 3.63) is 42.1 Å². The predicted molar refractivity (Wildman–Crippen MR) is 67.9 cm³/mol. The van der Waals surface area contributed by atoms with Crippen LogP contribution in [-0.4, -0.2) is 24.2 Å². The van der Waals surface area contributed by atoms with E-state index >= 15 is 0 Å². The van der Waals surface area contributed by atoms with Crippen molar-refractivity contribution < 1.29 is 4.74 Å². The van der Waals surface area contributed by atoms with E-state index < -0.39 is 0 Å². The van der Waals surface area contributed by atoms with Crippen LogP contribution in [0.2, 0.25) is 0 Å². The van der Waals surface area contributed by atoms with E-state index in [9.17, 15) is 0 Å². The van der Waals surface area contributed by atoms with Gasteiger partial charge in [0.25, 0.3) is 0 Å². The van der Waals surface area contributed by atoms with Crippen LogP contribution in [0.25, 0.3) is 10.9 Å². The number of nitrogens with zero attached hydrogens (tertiary/aromatic N) is 1. The summed E-state index contributed by atoms with van der Waals surface area (Å²) >= 11 is 0. The van der Waals surface area contributed by atoms with E-state index in [2.05, 4.69) is 35.4 Å². The lowest BCUT2D eigenvalue weighted by atomic mass is 10.0. The summed E-state index contributed by atoms with van der Waals surface area (Å²) in [5.74, 6) is 0. The van der Waals surface area contributed by atoms with Crippen LogP contribution in [0.15, 0.2) is 36.5 Å². The molecule has 0 saturated carbocycles. The Balaban J connectivity index is 2.04. The van der Waals surface area contributed by atoms with Crippen molar-refractivity contribution >= 4 is 10.9 Å². The van der Waals surface area contributed by atoms with Gasteiger partial charge in [-0.15, -0.1) is 0 Å². The molecule has 1 saturated heterocycles. The number of nitrogens with one attached hydrogen (secondary N) is 1. The van der Waals surface area contributed by atoms with Crippen molar-refractivity contribution in [2.45, 2.75) is 19.0 Å². The second-order valence-electron chi connectivity index (χ2n) is 4.58. The number of fused-ring (bicyclic) bond motifs is 1. The lowest BCUT2D eigenvalue weighted by molar-refractivity contribution is 0.0508. The van der Waals surface area contributed by atoms with Gasteiger partial charge in [0.15, 0.2) is 0 Å². The topological polar surface area (TPSA) is 34.1 Å². The van der Waals surface area contributed by atoms with Crippen molar-refractivity contribution in [1.29, 1.82) is 0 Å². The fourth-order valence-electron chi connectivity index (χ4n) is 2.40. The lowest BCUT2D eigenvalue weighted by Crippen LogP contribution is -2.41. The van der Waals surface area contributed by atoms with Crippen molar-refractivity contribution in [2.75, 3.05) is 13.2 Å². The number of aromatic nitrogens is 1. The number of hydrogen-bond acceptors (Lipinski definition) is 3. The van der Waals surface area contributed by atoms with Gasteiger partial charge in [0, 0.05) is 17.6 Å². The summed E-state index contributed by atoms with van der Waals surface area (Å²) in [6.07, 6.45) is 1.87. The molecule has 1 aromatic carbocycles. The molecule has 0 unspecified atom stereocenters. The first kappa shape index (κ1) is 10.7. The first-order valence-electron chi connectivity index (χ1n) is 6.02. The van der Waals surface area contributed by atoms with E-state index in [1.807, 2.05) is 18.3 Å². The zero-order valence-electron chi connectivity index (χ0n) is 9.89. The third-order valence-corrected chi connectivity index (χ3v) is 3.20. The summed E-state index contributed by atoms with van der Waals surface area (Å²) in [6.45, 7) is 3.67. The molecular formula is C14H16N2O. The van der Waals surface area contributed by atoms with E-state index in [0.29, 0.717) is 6.04 Å². The molecule has 1 N–H and O–H groups in total. The highest BCUT2D eigenvalue weighted by atomic mass is 16.5. The number of rotatable bonds is 1. The quantitative estimate of drug-likeness (QED) is 0.813. The van der Waals surface area contributed by atoms with E-state index in [1.165, 1.54) is 10.9 Å². The van der Waals surface area contributed by atoms with Crippen LogP contribution in [0.3, 0.4) is 0 Å². The standard InChI is InChI=1S/C14H16N2O/c1-10-8-17-9-14(16-10)12-6-7-15-13-5-3-2-4-11(12)13/h2-7,10,14,16H,8-9H2,1H3/t10-,14-/m1/s1. The summed E-state index contributed by atoms with van der Waals surface area (Å²) in [6, 6.07) is 11.0. The van der Waals surface area contributed by atoms with Gasteiger partial charge in [-0.3, -0.25) is 4.98 Å². The number of pyridine rings is 1. The van der Waals surface area contributed by atoms with Gasteiger partial charge in [-0.2, -0.15) is 0 Å². The lowest BCUT2D eigenvalue weighted by Gasteiger charge is -2.29. The molecule has 2 aromatic rings. The van der Waals surface area contributed by atoms with Gasteiger partial charge in [0.1, 0.15) is 0 Å². The maximum absolute atomic E-state index is 5.61. The monoisotopic (exact) mass is 228 g/mol. The van der Waals surface area contributed by atoms with Crippen molar-refractivity contribution in [2.24, 2.45) is 0 Å². The molecule has 1 aliphatic heterocycles. The molecule has 17 heavy (non-hydrogen) atoms. The molecule has 2 atom stereocenters. The molecular weight excluding hydrogens is 212 g/mol. The van der Waals surface area contributed by atoms with Crippen LogP contribution in [0.4, 0.5) is 0 Å². The molecule has 2 heterocycles. The Labute approximate surface area is 101 Å². The molecule has 3 nitrogen and oxygen atoms in total. The fraction of sp³-hybridized carbons (Fsp3) is 0.357. The van der Waals surface area contributed by atoms with Crippen LogP contribution < -0.4 is 5.32 Å². The average molecular weight is 228 g/mol. The van der Waals surface area contributed by atoms with Gasteiger partial charge < -0.3 is 10.1 Å². The molecule has 0 aliphatic carbocycles. The molecule has 88 valence electrons. The molecule has 1 fully saturated rings. The molecule has 3 rings (SSSR count). The van der Waals surface area contributed by atoms with Crippen LogP contribution >= 0.6 is 0 Å². The number of hydrogen-bond donors (Lipinski definition) is 1. The molecule has 1 aliphatic rings. The summed E-state index contributed by atoms with van der Waals surface area (Å²) in [7, 11) is 0. The van der Waals surface area contributed by atoms with Gasteiger partial charge in [-0.25, -0.2) is 0 Å². The summed E-state index contributed by atoms with van der Waals surface area (Å²) in [5, 5.41) is 4.79. The van der Waals surface area contributed by atoms with Crippen molar-refractivity contribution in [1.82, 2.24) is 10.3 Å². The third kappa shape index (κ3) is 2.04. The highest BCUT2D eigenvalue weighted by molar-refractivity contribution is 5.82. The van der Waals surface area contributed by atoms with Crippen molar-refractivity contribution in [3.63, 3.8) is 0 Å². The van der Waals surface area contributed by atoms with Crippen LogP contribution in [0.5, 0.6) is 0 Å². The minimum atomic E-state index is 0.270. The SMILES string of the molecule is C[C@@H]1COC[C@H](c2ccnc3ccccc23)N1. The van der Waals surface area contributed by atoms with Crippen molar-refractivity contribution in [3.8, 4) is 0 Å². The van der Waals surface area contributed by atoms with Crippen LogP contribution in [-0.2, 0) is 4.74 Å². The maximum atomic E-state index is 5.61. The number of ether oxygens (including phenoxy) is 1. The number of benzene rings is 1. The zero-order valence-corrected chi connectivity index (χ0v) is 9.89. The molecule has 1 aromatic heterocycles. The minimum Gasteiger partial charge on any atom is -0.378 e. The molecule has 0 spiro atoms. The van der Waals surface area contributed by atoms with E-state index in [4.69, 9.17) is 4.74 Å². The second-order valence-corrected chi connectivity index (χ2v) is 4.58. The Morgan fingerprint density at radius 1 is 1.24 bits per heavy atom. The van der Waals surface area contributed by atoms with Crippen LogP contribution in [0.1, 0.15) is 18.5 Å². The molecule has 0 radical (unpaired) electrons. The van der Waals surface area contributed by atoms with Gasteiger partial charge in [-0.05, 0) is 24.6 Å². The van der Waals surface area contributed by atoms with E-state index in [1.54, 1.807) is 0 Å². The van der Waals surface area contributed by atoms with Gasteiger partial charge in [0.2, 0.25) is 0 Å². The maximum Gasteiger partial charge on any atom is 0.0705 e. The highest BCUT2D eigenvalue weighted by Crippen LogP contribution is 2.24. The first-order chi connectivity index (χ1) is 8.34. The molecule has 3 heteroatoms. The first-order valence-corrected chi connectivity index (χ1v) is 6.02. The average Bonchev–Trinajstić information content (AvgIpc) is 2.38. The van der Waals surface area contributed by atoms with Gasteiger partial charge in [-0.1, -0.05) is 18.2 Å². The number of morpholine rings is 1. The number of para-hydroxylation sites is 1. The third-order valence-electron chi connectivity index (χ3n) is 3.20. The Morgan fingerprint density at radius 3 is 3.00 bits per heavy atom. The smallest absolute Gasteiger partial charge is 0.0705 e. The molecule has 0 amide bonds. The van der Waals surface area contributed by atoms with Crippen LogP contribution in [0, 0.1) is 0 Å².